The van der Waals surface area contributed by atoms with E-state index in [-0.39, 0.29) is 0 Å². The Morgan fingerprint density at radius 2 is 1.73 bits per heavy atom. The van der Waals surface area contributed by atoms with Gasteiger partial charge in [-0.1, -0.05) is 42.5 Å². The minimum atomic E-state index is -1.19. The molecular weight excluding hydrogens is 434 g/mol. The summed E-state index contributed by atoms with van der Waals surface area (Å²) in [4.78, 5) is 18.2. The number of fused-ring (bicyclic) bond motifs is 1. The van der Waals surface area contributed by atoms with Crippen molar-refractivity contribution < 1.29 is 14.6 Å². The molecule has 0 saturated heterocycles. The Balaban J connectivity index is 2.03. The fraction of sp³-hybridized carbons (Fsp3) is 0.269. The first-order valence-electron chi connectivity index (χ1n) is 10.7. The molecule has 0 bridgehead atoms. The topological polar surface area (TPSA) is 76.7 Å². The van der Waals surface area contributed by atoms with Crippen molar-refractivity contribution in [1.82, 2.24) is 14.6 Å². The van der Waals surface area contributed by atoms with Crippen LogP contribution in [0, 0.1) is 6.92 Å². The van der Waals surface area contributed by atoms with E-state index in [0.29, 0.717) is 22.6 Å². The van der Waals surface area contributed by atoms with Gasteiger partial charge < -0.3 is 9.84 Å². The second-order valence-electron chi connectivity index (χ2n) is 8.80. The van der Waals surface area contributed by atoms with Gasteiger partial charge in [0.2, 0.25) is 0 Å². The Hall–Kier alpha value is -3.16. The zero-order chi connectivity index (χ0) is 23.8. The van der Waals surface area contributed by atoms with Crippen LogP contribution in [0.2, 0.25) is 0 Å². The van der Waals surface area contributed by atoms with Gasteiger partial charge in [-0.2, -0.15) is 5.10 Å². The number of rotatable bonds is 6. The first kappa shape index (κ1) is 23.0. The lowest BCUT2D eigenvalue weighted by molar-refractivity contribution is -0.160. The summed E-state index contributed by atoms with van der Waals surface area (Å²) in [6, 6.07) is 19.8. The summed E-state index contributed by atoms with van der Waals surface area (Å²) in [5, 5.41) is 15.0. The van der Waals surface area contributed by atoms with Gasteiger partial charge in [0.15, 0.2) is 11.8 Å². The van der Waals surface area contributed by atoms with E-state index >= 15 is 0 Å². The second kappa shape index (κ2) is 9.00. The molecule has 0 aliphatic carbocycles. The summed E-state index contributed by atoms with van der Waals surface area (Å²) >= 11 is 1.65. The maximum Gasteiger partial charge on any atom is 0.337 e. The van der Waals surface area contributed by atoms with Gasteiger partial charge >= 0.3 is 5.97 Å². The number of nitrogens with zero attached hydrogens (tertiary/aromatic N) is 3. The molecule has 1 N–H and O–H groups in total. The lowest BCUT2D eigenvalue weighted by Gasteiger charge is -2.27. The molecule has 2 heterocycles. The van der Waals surface area contributed by atoms with Crippen LogP contribution in [0.15, 0.2) is 65.6 Å². The normalized spacial score (nSPS) is 12.8. The highest BCUT2D eigenvalue weighted by atomic mass is 32.2. The van der Waals surface area contributed by atoms with Gasteiger partial charge in [0.1, 0.15) is 0 Å². The van der Waals surface area contributed by atoms with Crippen molar-refractivity contribution in [3.63, 3.8) is 0 Å². The maximum absolute atomic E-state index is 12.4. The molecule has 1 atom stereocenters. The van der Waals surface area contributed by atoms with Crippen molar-refractivity contribution in [2.75, 3.05) is 6.26 Å². The monoisotopic (exact) mass is 461 g/mol. The van der Waals surface area contributed by atoms with Gasteiger partial charge in [-0.15, -0.1) is 11.8 Å². The molecule has 0 spiro atoms. The van der Waals surface area contributed by atoms with Crippen LogP contribution >= 0.6 is 11.8 Å². The molecule has 7 heteroatoms. The number of aromatic nitrogens is 3. The predicted octanol–water partition coefficient (Wildman–Crippen LogP) is 6.03. The van der Waals surface area contributed by atoms with Crippen LogP contribution in [0.4, 0.5) is 0 Å². The van der Waals surface area contributed by atoms with Crippen LogP contribution in [0.5, 0.6) is 0 Å². The van der Waals surface area contributed by atoms with Crippen LogP contribution < -0.4 is 0 Å². The Labute approximate surface area is 197 Å². The minimum Gasteiger partial charge on any atom is -0.479 e. The quantitative estimate of drug-likeness (QED) is 0.353. The summed E-state index contributed by atoms with van der Waals surface area (Å²) < 4.78 is 7.77. The molecule has 0 aliphatic heterocycles. The zero-order valence-corrected chi connectivity index (χ0v) is 20.2. The zero-order valence-electron chi connectivity index (χ0n) is 19.4. The number of aryl methyl sites for hydroxylation is 1. The summed E-state index contributed by atoms with van der Waals surface area (Å²) in [6.07, 6.45) is 0.827. The third-order valence-corrected chi connectivity index (χ3v) is 5.96. The van der Waals surface area contributed by atoms with E-state index in [9.17, 15) is 9.90 Å². The van der Waals surface area contributed by atoms with Gasteiger partial charge in [0.05, 0.1) is 17.0 Å². The Kier molecular flexibility index (Phi) is 6.28. The molecule has 1 unspecified atom stereocenters. The number of benzene rings is 2. The van der Waals surface area contributed by atoms with Crippen LogP contribution in [-0.4, -0.2) is 37.5 Å². The van der Waals surface area contributed by atoms with Crippen molar-refractivity contribution in [3.05, 3.63) is 71.9 Å². The lowest BCUT2D eigenvalue weighted by Crippen LogP contribution is -2.29. The van der Waals surface area contributed by atoms with Crippen molar-refractivity contribution >= 4 is 23.4 Å². The highest BCUT2D eigenvalue weighted by molar-refractivity contribution is 7.98. The average molecular weight is 462 g/mol. The summed E-state index contributed by atoms with van der Waals surface area (Å²) in [7, 11) is 0. The lowest BCUT2D eigenvalue weighted by atomic mass is 9.99. The number of ether oxygens (including phenoxy) is 1. The molecule has 4 rings (SSSR count). The first-order valence-corrected chi connectivity index (χ1v) is 11.9. The van der Waals surface area contributed by atoms with Gasteiger partial charge in [0.25, 0.3) is 0 Å². The summed E-state index contributed by atoms with van der Waals surface area (Å²) in [6.45, 7) is 7.36. The van der Waals surface area contributed by atoms with Gasteiger partial charge in [0, 0.05) is 33.3 Å². The molecule has 0 saturated carbocycles. The van der Waals surface area contributed by atoms with Crippen molar-refractivity contribution in [2.24, 2.45) is 0 Å². The molecule has 0 amide bonds. The molecule has 170 valence electrons. The third-order valence-electron chi connectivity index (χ3n) is 5.22. The van der Waals surface area contributed by atoms with Crippen LogP contribution in [0.25, 0.3) is 28.2 Å². The van der Waals surface area contributed by atoms with Gasteiger partial charge in [-0.05, 0) is 46.1 Å². The molecule has 4 aromatic rings. The molecule has 0 aliphatic rings. The van der Waals surface area contributed by atoms with Gasteiger partial charge in [-0.3, -0.25) is 0 Å². The summed E-state index contributed by atoms with van der Waals surface area (Å²) in [5.41, 5.74) is 4.35. The highest BCUT2D eigenvalue weighted by Crippen LogP contribution is 2.36. The van der Waals surface area contributed by atoms with Crippen LogP contribution in [-0.2, 0) is 9.53 Å². The fourth-order valence-electron chi connectivity index (χ4n) is 3.81. The average Bonchev–Trinajstić information content (AvgIpc) is 3.20. The first-order chi connectivity index (χ1) is 15.7. The largest absolute Gasteiger partial charge is 0.479 e. The molecule has 2 aromatic heterocycles. The minimum absolute atomic E-state index is 0.504. The number of hydrogen-bond acceptors (Lipinski definition) is 5. The molecular formula is C26H27N3O3S. The molecule has 0 fully saturated rings. The molecule has 2 aromatic carbocycles. The Morgan fingerprint density at radius 1 is 1.06 bits per heavy atom. The number of hydrogen-bond donors (Lipinski definition) is 1. The number of carboxylic acid groups (broad SMARTS) is 1. The van der Waals surface area contributed by atoms with E-state index in [1.54, 1.807) is 16.3 Å². The van der Waals surface area contributed by atoms with Crippen molar-refractivity contribution in [1.29, 1.82) is 0 Å². The van der Waals surface area contributed by atoms with Crippen molar-refractivity contribution in [3.8, 4) is 22.5 Å². The molecule has 6 nitrogen and oxygen atoms in total. The predicted molar refractivity (Wildman–Crippen MR) is 132 cm³/mol. The molecule has 33 heavy (non-hydrogen) atoms. The standard InChI is InChI=1S/C26H27N3O3S/c1-16-22(24(25(30)31)32-26(2,3)4)23(18-11-13-19(33-5)14-12-18)29-21(27-16)15-20(28-29)17-9-7-6-8-10-17/h6-15,24H,1-5H3,(H,30,31). The Bertz CT molecular complexity index is 1290. The van der Waals surface area contributed by atoms with Gasteiger partial charge in [-0.25, -0.2) is 14.3 Å². The number of carbonyl (C=O) groups is 1. The SMILES string of the molecule is CSc1ccc(-c2c(C(OC(C)(C)C)C(=O)O)c(C)nc3cc(-c4ccccc4)nn23)cc1. The smallest absolute Gasteiger partial charge is 0.337 e. The van der Waals surface area contributed by atoms with E-state index in [4.69, 9.17) is 14.8 Å². The second-order valence-corrected chi connectivity index (χ2v) is 9.68. The van der Waals surface area contributed by atoms with Crippen LogP contribution in [0.1, 0.15) is 38.1 Å². The van der Waals surface area contributed by atoms with E-state index in [1.807, 2.05) is 94.6 Å². The number of thioether (sulfide) groups is 1. The van der Waals surface area contributed by atoms with E-state index in [0.717, 1.165) is 21.7 Å². The van der Waals surface area contributed by atoms with E-state index < -0.39 is 17.7 Å². The summed E-state index contributed by atoms with van der Waals surface area (Å²) in [5.74, 6) is -1.06. The van der Waals surface area contributed by atoms with E-state index in [1.165, 1.54) is 0 Å². The fourth-order valence-corrected chi connectivity index (χ4v) is 4.22. The van der Waals surface area contributed by atoms with E-state index in [2.05, 4.69) is 0 Å². The van der Waals surface area contributed by atoms with Crippen LogP contribution in [0.3, 0.4) is 0 Å². The van der Waals surface area contributed by atoms with Crippen molar-refractivity contribution in [2.45, 2.75) is 44.3 Å². The third kappa shape index (κ3) is 4.79. The highest BCUT2D eigenvalue weighted by Gasteiger charge is 2.33. The number of carboxylic acids is 1. The molecule has 0 radical (unpaired) electrons. The number of aliphatic carboxylic acids is 1. The maximum atomic E-state index is 12.4. The Morgan fingerprint density at radius 3 is 2.30 bits per heavy atom.